The van der Waals surface area contributed by atoms with Gasteiger partial charge in [-0.25, -0.2) is 4.98 Å². The Kier molecular flexibility index (Phi) is 3.36. The van der Waals surface area contributed by atoms with Gasteiger partial charge in [-0.1, -0.05) is 11.6 Å². The average Bonchev–Trinajstić information content (AvgIpc) is 2.80. The van der Waals surface area contributed by atoms with Gasteiger partial charge < -0.3 is 15.5 Å². The lowest BCUT2D eigenvalue weighted by molar-refractivity contribution is 0.416. The number of nitrogens with zero attached hydrogens (tertiary/aromatic N) is 1. The molecule has 0 saturated heterocycles. The second-order valence-corrected chi connectivity index (χ2v) is 4.16. The van der Waals surface area contributed by atoms with Crippen molar-refractivity contribution in [3.8, 4) is 17.0 Å². The number of nitrogens with two attached hydrogens (primary N) is 1. The number of benzene rings is 1. The summed E-state index contributed by atoms with van der Waals surface area (Å²) in [5, 5.41) is 0.699. The molecule has 0 bridgehead atoms. The molecule has 0 aliphatic heterocycles. The van der Waals surface area contributed by atoms with Crippen LogP contribution in [0.15, 0.2) is 18.3 Å². The molecule has 0 unspecified atom stereocenters. The number of hydrogen-bond acceptors (Lipinski definition) is 3. The molecular formula is C12H14ClN3O. The molecule has 0 spiro atoms. The number of rotatable bonds is 3. The van der Waals surface area contributed by atoms with Crippen LogP contribution in [0.3, 0.4) is 0 Å². The first-order chi connectivity index (χ1) is 8.15. The van der Waals surface area contributed by atoms with Crippen LogP contribution < -0.4 is 10.5 Å². The molecule has 2 aromatic rings. The number of imidazole rings is 1. The minimum atomic E-state index is 0.377. The Morgan fingerprint density at radius 2 is 2.24 bits per heavy atom. The lowest BCUT2D eigenvalue weighted by Gasteiger charge is -2.09. The van der Waals surface area contributed by atoms with Crippen LogP contribution in [0.2, 0.25) is 5.02 Å². The molecule has 5 heteroatoms. The molecule has 0 radical (unpaired) electrons. The zero-order chi connectivity index (χ0) is 12.4. The molecule has 0 amide bonds. The van der Waals surface area contributed by atoms with Crippen LogP contribution >= 0.6 is 11.6 Å². The molecule has 0 atom stereocenters. The van der Waals surface area contributed by atoms with Crippen molar-refractivity contribution in [1.29, 1.82) is 0 Å². The van der Waals surface area contributed by atoms with Gasteiger partial charge in [-0.15, -0.1) is 0 Å². The van der Waals surface area contributed by atoms with Crippen molar-refractivity contribution in [3.63, 3.8) is 0 Å². The van der Waals surface area contributed by atoms with E-state index in [0.29, 0.717) is 11.6 Å². The van der Waals surface area contributed by atoms with Gasteiger partial charge in [0, 0.05) is 10.6 Å². The summed E-state index contributed by atoms with van der Waals surface area (Å²) in [6.07, 6.45) is 1.73. The first-order valence-corrected chi connectivity index (χ1v) is 5.62. The lowest BCUT2D eigenvalue weighted by atomic mass is 10.1. The maximum Gasteiger partial charge on any atom is 0.128 e. The fourth-order valence-corrected chi connectivity index (χ4v) is 1.80. The van der Waals surface area contributed by atoms with Gasteiger partial charge in [-0.05, 0) is 24.6 Å². The van der Waals surface area contributed by atoms with Gasteiger partial charge in [0.25, 0.3) is 0 Å². The van der Waals surface area contributed by atoms with Crippen molar-refractivity contribution < 1.29 is 4.74 Å². The summed E-state index contributed by atoms with van der Waals surface area (Å²) in [5.41, 5.74) is 8.23. The van der Waals surface area contributed by atoms with E-state index in [1.165, 1.54) is 0 Å². The summed E-state index contributed by atoms with van der Waals surface area (Å²) in [4.78, 5) is 7.29. The van der Waals surface area contributed by atoms with E-state index >= 15 is 0 Å². The summed E-state index contributed by atoms with van der Waals surface area (Å²) in [7, 11) is 1.63. The number of H-pyrrole nitrogens is 1. The van der Waals surface area contributed by atoms with Crippen LogP contribution in [0.4, 0.5) is 0 Å². The summed E-state index contributed by atoms with van der Waals surface area (Å²) in [6.45, 7) is 2.31. The van der Waals surface area contributed by atoms with Crippen molar-refractivity contribution in [2.24, 2.45) is 5.73 Å². The number of aromatic amines is 1. The monoisotopic (exact) mass is 251 g/mol. The van der Waals surface area contributed by atoms with E-state index in [4.69, 9.17) is 22.1 Å². The highest BCUT2D eigenvalue weighted by atomic mass is 35.5. The molecule has 1 aromatic heterocycles. The van der Waals surface area contributed by atoms with Crippen LogP contribution in [0.1, 0.15) is 11.4 Å². The normalized spacial score (nSPS) is 10.6. The number of halogens is 1. The summed E-state index contributed by atoms with van der Waals surface area (Å²) in [5.74, 6) is 1.50. The molecule has 3 N–H and O–H groups in total. The quantitative estimate of drug-likeness (QED) is 0.881. The Morgan fingerprint density at radius 1 is 1.47 bits per heavy atom. The van der Waals surface area contributed by atoms with Crippen molar-refractivity contribution in [1.82, 2.24) is 9.97 Å². The van der Waals surface area contributed by atoms with E-state index in [1.807, 2.05) is 19.1 Å². The molecule has 4 nitrogen and oxygen atoms in total. The number of ether oxygens (including phenoxy) is 1. The van der Waals surface area contributed by atoms with E-state index in [1.54, 1.807) is 13.3 Å². The van der Waals surface area contributed by atoms with E-state index in [0.717, 1.165) is 28.4 Å². The smallest absolute Gasteiger partial charge is 0.128 e. The van der Waals surface area contributed by atoms with Crippen LogP contribution in [0.25, 0.3) is 11.3 Å². The molecule has 17 heavy (non-hydrogen) atoms. The van der Waals surface area contributed by atoms with Crippen LogP contribution in [-0.4, -0.2) is 17.1 Å². The number of aryl methyl sites for hydroxylation is 1. The topological polar surface area (TPSA) is 63.9 Å². The molecule has 0 aliphatic rings. The van der Waals surface area contributed by atoms with Gasteiger partial charge in [-0.3, -0.25) is 0 Å². The second kappa shape index (κ2) is 4.77. The van der Waals surface area contributed by atoms with Gasteiger partial charge in [0.05, 0.1) is 25.5 Å². The Morgan fingerprint density at radius 3 is 2.82 bits per heavy atom. The van der Waals surface area contributed by atoms with Gasteiger partial charge in [0.2, 0.25) is 0 Å². The SMILES string of the molecule is COc1cc(C)c(Cl)cc1-c1cnc(CN)[nH]1. The van der Waals surface area contributed by atoms with Gasteiger partial charge >= 0.3 is 0 Å². The molecule has 90 valence electrons. The fourth-order valence-electron chi connectivity index (χ4n) is 1.64. The fraction of sp³-hybridized carbons (Fsp3) is 0.250. The number of methoxy groups -OCH3 is 1. The van der Waals surface area contributed by atoms with E-state index in [-0.39, 0.29) is 0 Å². The maximum atomic E-state index is 6.12. The van der Waals surface area contributed by atoms with Gasteiger partial charge in [-0.2, -0.15) is 0 Å². The van der Waals surface area contributed by atoms with Crippen molar-refractivity contribution in [3.05, 3.63) is 34.7 Å². The van der Waals surface area contributed by atoms with Crippen LogP contribution in [0.5, 0.6) is 5.75 Å². The summed E-state index contributed by atoms with van der Waals surface area (Å²) < 4.78 is 5.34. The standard InChI is InChI=1S/C12H14ClN3O/c1-7-3-11(17-2)8(4-9(7)13)10-6-15-12(5-14)16-10/h3-4,6H,5,14H2,1-2H3,(H,15,16). The van der Waals surface area contributed by atoms with Crippen LogP contribution in [-0.2, 0) is 6.54 Å². The molecule has 2 rings (SSSR count). The Labute approximate surface area is 105 Å². The molecule has 0 aliphatic carbocycles. The Hall–Kier alpha value is -1.52. The Bertz CT molecular complexity index is 537. The first kappa shape index (κ1) is 12.0. The van der Waals surface area contributed by atoms with Crippen molar-refractivity contribution in [2.45, 2.75) is 13.5 Å². The highest BCUT2D eigenvalue weighted by Gasteiger charge is 2.11. The average molecular weight is 252 g/mol. The number of aromatic nitrogens is 2. The predicted molar refractivity (Wildman–Crippen MR) is 68.2 cm³/mol. The van der Waals surface area contributed by atoms with Crippen LogP contribution in [0, 0.1) is 6.92 Å². The third kappa shape index (κ3) is 2.28. The molecular weight excluding hydrogens is 238 g/mol. The van der Waals surface area contributed by atoms with E-state index in [2.05, 4.69) is 9.97 Å². The summed E-state index contributed by atoms with van der Waals surface area (Å²) in [6, 6.07) is 3.77. The van der Waals surface area contributed by atoms with E-state index in [9.17, 15) is 0 Å². The third-order valence-electron chi connectivity index (χ3n) is 2.59. The van der Waals surface area contributed by atoms with Crippen molar-refractivity contribution in [2.75, 3.05) is 7.11 Å². The maximum absolute atomic E-state index is 6.12. The third-order valence-corrected chi connectivity index (χ3v) is 3.00. The van der Waals surface area contributed by atoms with Crippen molar-refractivity contribution >= 4 is 11.6 Å². The molecule has 0 saturated carbocycles. The second-order valence-electron chi connectivity index (χ2n) is 3.75. The highest BCUT2D eigenvalue weighted by Crippen LogP contribution is 2.33. The highest BCUT2D eigenvalue weighted by molar-refractivity contribution is 6.31. The molecule has 1 heterocycles. The summed E-state index contributed by atoms with van der Waals surface area (Å²) >= 11 is 6.12. The number of nitrogens with one attached hydrogen (secondary N) is 1. The zero-order valence-electron chi connectivity index (χ0n) is 9.75. The largest absolute Gasteiger partial charge is 0.496 e. The number of hydrogen-bond donors (Lipinski definition) is 2. The zero-order valence-corrected chi connectivity index (χ0v) is 10.5. The van der Waals surface area contributed by atoms with Gasteiger partial charge in [0.15, 0.2) is 0 Å². The van der Waals surface area contributed by atoms with E-state index < -0.39 is 0 Å². The Balaban J connectivity index is 2.53. The minimum absolute atomic E-state index is 0.377. The molecule has 0 fully saturated rings. The molecule has 1 aromatic carbocycles. The first-order valence-electron chi connectivity index (χ1n) is 5.24. The minimum Gasteiger partial charge on any atom is -0.496 e. The predicted octanol–water partition coefficient (Wildman–Crippen LogP) is 2.51. The van der Waals surface area contributed by atoms with Gasteiger partial charge in [0.1, 0.15) is 11.6 Å². The lowest BCUT2D eigenvalue weighted by Crippen LogP contribution is -1.98.